The van der Waals surface area contributed by atoms with Crippen molar-refractivity contribution in [2.24, 2.45) is 5.92 Å². The second kappa shape index (κ2) is 5.79. The van der Waals surface area contributed by atoms with E-state index in [0.717, 1.165) is 23.0 Å². The van der Waals surface area contributed by atoms with Gasteiger partial charge in [0.05, 0.1) is 10.2 Å². The number of hydrogen-bond donors (Lipinski definition) is 2. The summed E-state index contributed by atoms with van der Waals surface area (Å²) in [5.74, 6) is 0.551. The van der Waals surface area contributed by atoms with Crippen LogP contribution < -0.4 is 5.32 Å². The third-order valence-electron chi connectivity index (χ3n) is 4.32. The normalized spacial score (nSPS) is 19.6. The first kappa shape index (κ1) is 14.6. The first-order valence-corrected chi connectivity index (χ1v) is 8.15. The number of rotatable bonds is 3. The highest BCUT2D eigenvalue weighted by Gasteiger charge is 2.33. The zero-order chi connectivity index (χ0) is 15.0. The van der Waals surface area contributed by atoms with E-state index in [0.29, 0.717) is 37.5 Å². The highest BCUT2D eigenvalue weighted by Crippen LogP contribution is 2.43. The van der Waals surface area contributed by atoms with Crippen LogP contribution in [0.5, 0.6) is 0 Å². The zero-order valence-electron chi connectivity index (χ0n) is 12.0. The van der Waals surface area contributed by atoms with Crippen LogP contribution in [-0.4, -0.2) is 47.0 Å². The molecule has 1 aliphatic heterocycles. The Kier molecular flexibility index (Phi) is 4.01. The van der Waals surface area contributed by atoms with Crippen molar-refractivity contribution >= 4 is 27.7 Å². The molecule has 1 aromatic rings. The Balaban J connectivity index is 1.65. The molecule has 1 aliphatic carbocycles. The van der Waals surface area contributed by atoms with Gasteiger partial charge in [-0.3, -0.25) is 14.7 Å². The smallest absolute Gasteiger partial charge is 0.275 e. The minimum atomic E-state index is -0.0552. The molecule has 0 radical (unpaired) electrons. The van der Waals surface area contributed by atoms with Gasteiger partial charge in [0.2, 0.25) is 5.91 Å². The van der Waals surface area contributed by atoms with E-state index in [1.807, 2.05) is 0 Å². The van der Waals surface area contributed by atoms with E-state index in [4.69, 9.17) is 0 Å². The number of halogens is 1. The number of carbonyl (C=O) groups is 2. The summed E-state index contributed by atoms with van der Waals surface area (Å²) in [7, 11) is 1.65. The van der Waals surface area contributed by atoms with Crippen molar-refractivity contribution < 1.29 is 9.59 Å². The maximum Gasteiger partial charge on any atom is 0.275 e. The van der Waals surface area contributed by atoms with Gasteiger partial charge in [0.25, 0.3) is 5.91 Å². The monoisotopic (exact) mass is 354 g/mol. The lowest BCUT2D eigenvalue weighted by Crippen LogP contribution is -2.42. The molecule has 3 rings (SSSR count). The predicted octanol–water partition coefficient (Wildman–Crippen LogP) is 1.65. The van der Waals surface area contributed by atoms with Gasteiger partial charge in [0, 0.05) is 32.0 Å². The average molecular weight is 355 g/mol. The standard InChI is InChI=1S/C14H19BrN4O2/c1-16-13(20)9-4-6-19(7-5-9)14(21)12-10(15)11(17-18-12)8-2-3-8/h8-9H,2-7H2,1H3,(H,16,20)(H,17,18). The summed E-state index contributed by atoms with van der Waals surface area (Å²) in [6, 6.07) is 0. The molecular formula is C14H19BrN4O2. The van der Waals surface area contributed by atoms with Crippen LogP contribution in [0.15, 0.2) is 4.47 Å². The fourth-order valence-corrected chi connectivity index (χ4v) is 3.50. The van der Waals surface area contributed by atoms with Gasteiger partial charge >= 0.3 is 0 Å². The Morgan fingerprint density at radius 3 is 2.52 bits per heavy atom. The van der Waals surface area contributed by atoms with Crippen LogP contribution in [-0.2, 0) is 4.79 Å². The van der Waals surface area contributed by atoms with Gasteiger partial charge in [-0.1, -0.05) is 0 Å². The van der Waals surface area contributed by atoms with Crippen molar-refractivity contribution in [1.82, 2.24) is 20.4 Å². The average Bonchev–Trinajstić information content (AvgIpc) is 3.29. The highest BCUT2D eigenvalue weighted by atomic mass is 79.9. The van der Waals surface area contributed by atoms with Gasteiger partial charge in [-0.05, 0) is 41.6 Å². The van der Waals surface area contributed by atoms with Crippen molar-refractivity contribution in [2.45, 2.75) is 31.6 Å². The Bertz CT molecular complexity index is 559. The third kappa shape index (κ3) is 2.84. The number of likely N-dealkylation sites (tertiary alicyclic amines) is 1. The minimum Gasteiger partial charge on any atom is -0.359 e. The molecule has 0 atom stereocenters. The minimum absolute atomic E-state index is 0.0173. The number of nitrogens with zero attached hydrogens (tertiary/aromatic N) is 2. The van der Waals surface area contributed by atoms with Gasteiger partial charge in [0.15, 0.2) is 5.69 Å². The SMILES string of the molecule is CNC(=O)C1CCN(C(=O)c2n[nH]c(C3CC3)c2Br)CC1. The summed E-state index contributed by atoms with van der Waals surface area (Å²) in [6.07, 6.45) is 3.74. The van der Waals surface area contributed by atoms with Gasteiger partial charge in [-0.2, -0.15) is 5.10 Å². The molecule has 2 fully saturated rings. The van der Waals surface area contributed by atoms with E-state index in [1.54, 1.807) is 11.9 Å². The van der Waals surface area contributed by atoms with Crippen LogP contribution in [0.3, 0.4) is 0 Å². The number of carbonyl (C=O) groups excluding carboxylic acids is 2. The van der Waals surface area contributed by atoms with Crippen LogP contribution >= 0.6 is 15.9 Å². The van der Waals surface area contributed by atoms with Crippen molar-refractivity contribution in [3.8, 4) is 0 Å². The lowest BCUT2D eigenvalue weighted by Gasteiger charge is -2.30. The molecule has 1 aromatic heterocycles. The molecule has 6 nitrogen and oxygen atoms in total. The molecule has 2 N–H and O–H groups in total. The zero-order valence-corrected chi connectivity index (χ0v) is 13.6. The van der Waals surface area contributed by atoms with Crippen molar-refractivity contribution in [3.63, 3.8) is 0 Å². The van der Waals surface area contributed by atoms with Crippen molar-refractivity contribution in [3.05, 3.63) is 15.9 Å². The molecule has 2 aliphatic rings. The van der Waals surface area contributed by atoms with Gasteiger partial charge in [-0.15, -0.1) is 0 Å². The molecule has 7 heteroatoms. The molecule has 1 saturated carbocycles. The van der Waals surface area contributed by atoms with Crippen LogP contribution in [0, 0.1) is 5.92 Å². The Hall–Kier alpha value is -1.37. The maximum absolute atomic E-state index is 12.5. The number of aromatic nitrogens is 2. The number of H-pyrrole nitrogens is 1. The number of aromatic amines is 1. The third-order valence-corrected chi connectivity index (χ3v) is 5.12. The lowest BCUT2D eigenvalue weighted by molar-refractivity contribution is -0.125. The molecular weight excluding hydrogens is 336 g/mol. The summed E-state index contributed by atoms with van der Waals surface area (Å²) in [4.78, 5) is 25.9. The molecule has 0 bridgehead atoms. The topological polar surface area (TPSA) is 78.1 Å². The van der Waals surface area contributed by atoms with Gasteiger partial charge < -0.3 is 10.2 Å². The van der Waals surface area contributed by atoms with E-state index < -0.39 is 0 Å². The molecule has 0 aromatic carbocycles. The summed E-state index contributed by atoms with van der Waals surface area (Å²) < 4.78 is 0.809. The van der Waals surface area contributed by atoms with Gasteiger partial charge in [0.1, 0.15) is 0 Å². The van der Waals surface area contributed by atoms with Crippen molar-refractivity contribution in [2.75, 3.05) is 20.1 Å². The molecule has 2 heterocycles. The van der Waals surface area contributed by atoms with Crippen LogP contribution in [0.1, 0.15) is 47.8 Å². The second-order valence-corrected chi connectivity index (χ2v) is 6.55. The summed E-state index contributed by atoms with van der Waals surface area (Å²) in [5.41, 5.74) is 1.51. The molecule has 114 valence electrons. The second-order valence-electron chi connectivity index (χ2n) is 5.75. The van der Waals surface area contributed by atoms with Crippen molar-refractivity contribution in [1.29, 1.82) is 0 Å². The summed E-state index contributed by atoms with van der Waals surface area (Å²) in [6.45, 7) is 1.21. The quantitative estimate of drug-likeness (QED) is 0.866. The number of nitrogens with one attached hydrogen (secondary N) is 2. The Morgan fingerprint density at radius 1 is 1.29 bits per heavy atom. The van der Waals surface area contributed by atoms with E-state index in [1.165, 1.54) is 0 Å². The van der Waals surface area contributed by atoms with E-state index in [9.17, 15) is 9.59 Å². The molecule has 0 unspecified atom stereocenters. The largest absolute Gasteiger partial charge is 0.359 e. The number of piperidine rings is 1. The molecule has 2 amide bonds. The molecule has 21 heavy (non-hydrogen) atoms. The molecule has 1 saturated heterocycles. The summed E-state index contributed by atoms with van der Waals surface area (Å²) in [5, 5.41) is 9.84. The fourth-order valence-electron chi connectivity index (χ4n) is 2.82. The Morgan fingerprint density at radius 2 is 1.95 bits per heavy atom. The maximum atomic E-state index is 12.5. The van der Waals surface area contributed by atoms with E-state index in [2.05, 4.69) is 31.4 Å². The highest BCUT2D eigenvalue weighted by molar-refractivity contribution is 9.10. The Labute approximate surface area is 131 Å². The van der Waals surface area contributed by atoms with Gasteiger partial charge in [-0.25, -0.2) is 0 Å². The van der Waals surface area contributed by atoms with E-state index in [-0.39, 0.29) is 17.7 Å². The molecule has 0 spiro atoms. The van der Waals surface area contributed by atoms with E-state index >= 15 is 0 Å². The fraction of sp³-hybridized carbons (Fsp3) is 0.643. The first-order valence-electron chi connectivity index (χ1n) is 7.36. The van der Waals surface area contributed by atoms with Crippen LogP contribution in [0.2, 0.25) is 0 Å². The number of amides is 2. The van der Waals surface area contributed by atoms with Crippen LogP contribution in [0.4, 0.5) is 0 Å². The first-order chi connectivity index (χ1) is 10.1. The van der Waals surface area contributed by atoms with Crippen LogP contribution in [0.25, 0.3) is 0 Å². The number of hydrogen-bond acceptors (Lipinski definition) is 3. The lowest BCUT2D eigenvalue weighted by atomic mass is 9.96. The predicted molar refractivity (Wildman–Crippen MR) is 81.0 cm³/mol. The summed E-state index contributed by atoms with van der Waals surface area (Å²) >= 11 is 3.50.